The molecule has 66 valence electrons. The molecule has 12 heavy (non-hydrogen) atoms. The van der Waals surface area contributed by atoms with E-state index in [1.54, 1.807) is 0 Å². The maximum absolute atomic E-state index is 8.16. The minimum absolute atomic E-state index is 0.175. The monoisotopic (exact) mass is 168 g/mol. The molecular formula is C6H12N6. The van der Waals surface area contributed by atoms with Gasteiger partial charge in [0.1, 0.15) is 0 Å². The Balaban J connectivity index is 3.85. The van der Waals surface area contributed by atoms with Crippen LogP contribution >= 0.6 is 0 Å². The second kappa shape index (κ2) is 7.72. The van der Waals surface area contributed by atoms with Gasteiger partial charge in [-0.3, -0.25) is 0 Å². The van der Waals surface area contributed by atoms with Gasteiger partial charge < -0.3 is 0 Å². The second-order valence-electron chi connectivity index (χ2n) is 2.41. The first-order chi connectivity index (χ1) is 5.85. The Labute approximate surface area is 70.8 Å². The zero-order valence-electron chi connectivity index (χ0n) is 7.09. The molecule has 0 aliphatic heterocycles. The Bertz CT molecular complexity index is 200. The van der Waals surface area contributed by atoms with E-state index in [4.69, 9.17) is 11.1 Å². The maximum Gasteiger partial charge on any atom is 0.0429 e. The molecule has 0 fully saturated rings. The SMILES string of the molecule is CCCCC(CN=[N+]=[N-])N=[N+]=[N-]. The van der Waals surface area contributed by atoms with E-state index in [0.717, 1.165) is 19.3 Å². The van der Waals surface area contributed by atoms with Crippen molar-refractivity contribution in [1.29, 1.82) is 0 Å². The van der Waals surface area contributed by atoms with E-state index < -0.39 is 0 Å². The van der Waals surface area contributed by atoms with Crippen LogP contribution < -0.4 is 0 Å². The van der Waals surface area contributed by atoms with Crippen LogP contribution in [-0.4, -0.2) is 12.6 Å². The molecule has 0 N–H and O–H groups in total. The number of azide groups is 2. The predicted molar refractivity (Wildman–Crippen MR) is 46.5 cm³/mol. The summed E-state index contributed by atoms with van der Waals surface area (Å²) in [5.41, 5.74) is 16.2. The van der Waals surface area contributed by atoms with Gasteiger partial charge in [-0.25, -0.2) is 0 Å². The largest absolute Gasteiger partial charge is 0.0936 e. The lowest BCUT2D eigenvalue weighted by atomic mass is 10.1. The number of hydrogen-bond acceptors (Lipinski definition) is 2. The fourth-order valence-electron chi connectivity index (χ4n) is 0.829. The number of rotatable bonds is 6. The van der Waals surface area contributed by atoms with E-state index in [0.29, 0.717) is 0 Å². The smallest absolute Gasteiger partial charge is 0.0429 e. The van der Waals surface area contributed by atoms with Crippen molar-refractivity contribution in [2.45, 2.75) is 32.2 Å². The van der Waals surface area contributed by atoms with E-state index in [-0.39, 0.29) is 12.6 Å². The van der Waals surface area contributed by atoms with Crippen LogP contribution in [0.15, 0.2) is 10.2 Å². The van der Waals surface area contributed by atoms with Crippen LogP contribution in [0.3, 0.4) is 0 Å². The summed E-state index contributed by atoms with van der Waals surface area (Å²) in [6.45, 7) is 2.32. The van der Waals surface area contributed by atoms with Crippen molar-refractivity contribution in [3.05, 3.63) is 20.9 Å². The van der Waals surface area contributed by atoms with Gasteiger partial charge in [-0.1, -0.05) is 30.0 Å². The zero-order chi connectivity index (χ0) is 9.23. The van der Waals surface area contributed by atoms with Gasteiger partial charge in [0.15, 0.2) is 0 Å². The molecule has 0 radical (unpaired) electrons. The van der Waals surface area contributed by atoms with Gasteiger partial charge in [0.25, 0.3) is 0 Å². The van der Waals surface area contributed by atoms with Crippen LogP contribution in [0.2, 0.25) is 0 Å². The first kappa shape index (κ1) is 10.6. The summed E-state index contributed by atoms with van der Waals surface area (Å²) in [6.07, 6.45) is 2.83. The van der Waals surface area contributed by atoms with Gasteiger partial charge in [-0.05, 0) is 17.5 Å². The Hall–Kier alpha value is -1.38. The molecule has 6 heteroatoms. The molecule has 0 aliphatic rings. The number of unbranched alkanes of at least 4 members (excludes halogenated alkanes) is 1. The minimum Gasteiger partial charge on any atom is -0.0936 e. The molecule has 0 saturated heterocycles. The van der Waals surface area contributed by atoms with Crippen molar-refractivity contribution in [3.8, 4) is 0 Å². The highest BCUT2D eigenvalue weighted by molar-refractivity contribution is 4.69. The third kappa shape index (κ3) is 5.41. The summed E-state index contributed by atoms with van der Waals surface area (Å²) < 4.78 is 0. The van der Waals surface area contributed by atoms with Gasteiger partial charge >= 0.3 is 0 Å². The predicted octanol–water partition coefficient (Wildman–Crippen LogP) is 3.17. The summed E-state index contributed by atoms with van der Waals surface area (Å²) in [5.74, 6) is 0. The first-order valence-corrected chi connectivity index (χ1v) is 3.90. The lowest BCUT2D eigenvalue weighted by molar-refractivity contribution is 0.580. The topological polar surface area (TPSA) is 97.5 Å². The minimum atomic E-state index is -0.175. The molecule has 0 aromatic heterocycles. The van der Waals surface area contributed by atoms with E-state index in [2.05, 4.69) is 27.0 Å². The normalized spacial score (nSPS) is 11.1. The molecule has 0 spiro atoms. The lowest BCUT2D eigenvalue weighted by Crippen LogP contribution is -2.06. The molecule has 1 unspecified atom stereocenters. The van der Waals surface area contributed by atoms with Crippen molar-refractivity contribution in [2.24, 2.45) is 10.2 Å². The van der Waals surface area contributed by atoms with Crippen LogP contribution in [0, 0.1) is 0 Å². The highest BCUT2D eigenvalue weighted by Crippen LogP contribution is 2.05. The van der Waals surface area contributed by atoms with Crippen LogP contribution in [0.4, 0.5) is 0 Å². The molecule has 0 aromatic rings. The molecule has 0 rings (SSSR count). The van der Waals surface area contributed by atoms with Crippen LogP contribution in [0.5, 0.6) is 0 Å². The molecule has 0 amide bonds. The Morgan fingerprint density at radius 1 is 1.33 bits per heavy atom. The summed E-state index contributed by atoms with van der Waals surface area (Å²) >= 11 is 0. The Morgan fingerprint density at radius 2 is 2.08 bits per heavy atom. The average Bonchev–Trinajstić information content (AvgIpc) is 2.10. The third-order valence-electron chi connectivity index (χ3n) is 1.46. The summed E-state index contributed by atoms with van der Waals surface area (Å²) in [4.78, 5) is 5.29. The van der Waals surface area contributed by atoms with Crippen LogP contribution in [0.1, 0.15) is 26.2 Å². The van der Waals surface area contributed by atoms with Crippen molar-refractivity contribution in [3.63, 3.8) is 0 Å². The summed E-state index contributed by atoms with van der Waals surface area (Å²) in [5, 5.41) is 6.87. The third-order valence-corrected chi connectivity index (χ3v) is 1.46. The van der Waals surface area contributed by atoms with Gasteiger partial charge in [-0.15, -0.1) is 0 Å². The molecule has 0 bridgehead atoms. The average molecular weight is 168 g/mol. The number of hydrogen-bond donors (Lipinski definition) is 0. The molecular weight excluding hydrogens is 156 g/mol. The fraction of sp³-hybridized carbons (Fsp3) is 1.00. The fourth-order valence-corrected chi connectivity index (χ4v) is 0.829. The quantitative estimate of drug-likeness (QED) is 0.330. The molecule has 0 aliphatic carbocycles. The zero-order valence-corrected chi connectivity index (χ0v) is 7.09. The first-order valence-electron chi connectivity index (χ1n) is 3.90. The van der Waals surface area contributed by atoms with Crippen molar-refractivity contribution < 1.29 is 0 Å². The molecule has 1 atom stereocenters. The van der Waals surface area contributed by atoms with Crippen molar-refractivity contribution in [2.75, 3.05) is 6.54 Å². The molecule has 6 nitrogen and oxygen atoms in total. The highest BCUT2D eigenvalue weighted by atomic mass is 15.2. The number of nitrogens with zero attached hydrogens (tertiary/aromatic N) is 6. The van der Waals surface area contributed by atoms with Gasteiger partial charge in [0.05, 0.1) is 0 Å². The molecule has 0 saturated carbocycles. The maximum atomic E-state index is 8.16. The van der Waals surface area contributed by atoms with Crippen molar-refractivity contribution >= 4 is 0 Å². The van der Waals surface area contributed by atoms with E-state index in [1.807, 2.05) is 0 Å². The van der Waals surface area contributed by atoms with Crippen LogP contribution in [-0.2, 0) is 0 Å². The van der Waals surface area contributed by atoms with Gasteiger partial charge in [-0.2, -0.15) is 0 Å². The van der Waals surface area contributed by atoms with Crippen molar-refractivity contribution in [1.82, 2.24) is 0 Å². The molecule has 0 aromatic carbocycles. The summed E-state index contributed by atoms with van der Waals surface area (Å²) in [6, 6.07) is -0.175. The Kier molecular flexibility index (Phi) is 6.84. The molecule has 0 heterocycles. The van der Waals surface area contributed by atoms with E-state index in [1.165, 1.54) is 0 Å². The van der Waals surface area contributed by atoms with Gasteiger partial charge in [0, 0.05) is 22.4 Å². The van der Waals surface area contributed by atoms with Gasteiger partial charge in [0.2, 0.25) is 0 Å². The van der Waals surface area contributed by atoms with E-state index in [9.17, 15) is 0 Å². The standard InChI is InChI=1S/C6H12N6/c1-2-3-4-6(10-12-8)5-9-11-7/h6H,2-5H2,1H3. The summed E-state index contributed by atoms with van der Waals surface area (Å²) in [7, 11) is 0. The second-order valence-corrected chi connectivity index (χ2v) is 2.41. The van der Waals surface area contributed by atoms with E-state index >= 15 is 0 Å². The Morgan fingerprint density at radius 3 is 2.58 bits per heavy atom. The highest BCUT2D eigenvalue weighted by Gasteiger charge is 2.02. The van der Waals surface area contributed by atoms with Crippen LogP contribution in [0.25, 0.3) is 20.9 Å². The lowest BCUT2D eigenvalue weighted by Gasteiger charge is -2.04.